The largest absolute Gasteiger partial charge is 0.393 e. The molecule has 0 radical (unpaired) electrons. The number of hydrogen-bond acceptors (Lipinski definition) is 3. The highest BCUT2D eigenvalue weighted by Crippen LogP contribution is 2.09. The van der Waals surface area contributed by atoms with Crippen molar-refractivity contribution in [2.24, 2.45) is 0 Å². The lowest BCUT2D eigenvalue weighted by molar-refractivity contribution is -0.0553. The Hall–Kier alpha value is -0.120. The molecule has 0 aromatic rings. The molecule has 3 heteroatoms. The van der Waals surface area contributed by atoms with Crippen LogP contribution in [-0.4, -0.2) is 46.9 Å². The van der Waals surface area contributed by atoms with Gasteiger partial charge in [0.1, 0.15) is 0 Å². The van der Waals surface area contributed by atoms with Crippen molar-refractivity contribution >= 4 is 0 Å². The lowest BCUT2D eigenvalue weighted by Gasteiger charge is -2.37. The van der Waals surface area contributed by atoms with Crippen LogP contribution in [0, 0.1) is 0 Å². The van der Waals surface area contributed by atoms with Crippen LogP contribution >= 0.6 is 0 Å². The molecule has 0 aromatic heterocycles. The molecule has 0 aliphatic rings. The first-order chi connectivity index (χ1) is 6.56. The van der Waals surface area contributed by atoms with Crippen LogP contribution in [0.3, 0.4) is 0 Å². The summed E-state index contributed by atoms with van der Waals surface area (Å²) < 4.78 is 0. The zero-order valence-electron chi connectivity index (χ0n) is 10.3. The van der Waals surface area contributed by atoms with Crippen molar-refractivity contribution < 1.29 is 5.11 Å². The summed E-state index contributed by atoms with van der Waals surface area (Å²) in [7, 11) is 0. The Balaban J connectivity index is 4.22. The van der Waals surface area contributed by atoms with Gasteiger partial charge in [0.2, 0.25) is 0 Å². The average Bonchev–Trinajstić information content (AvgIpc) is 2.12. The molecule has 0 fully saturated rings. The smallest absolute Gasteiger partial charge is 0.0527 e. The van der Waals surface area contributed by atoms with Crippen molar-refractivity contribution in [1.82, 2.24) is 10.0 Å². The van der Waals surface area contributed by atoms with Crippen LogP contribution in [0.4, 0.5) is 0 Å². The van der Waals surface area contributed by atoms with E-state index in [9.17, 15) is 5.11 Å². The van der Waals surface area contributed by atoms with Gasteiger partial charge in [0.05, 0.1) is 6.10 Å². The summed E-state index contributed by atoms with van der Waals surface area (Å²) in [5.74, 6) is 0. The van der Waals surface area contributed by atoms with E-state index in [1.807, 2.05) is 6.92 Å². The molecule has 0 saturated carbocycles. The summed E-state index contributed by atoms with van der Waals surface area (Å²) in [6.45, 7) is 13.6. The van der Waals surface area contributed by atoms with Gasteiger partial charge in [0.15, 0.2) is 0 Å². The molecule has 1 N–H and O–H groups in total. The van der Waals surface area contributed by atoms with Gasteiger partial charge in [-0.15, -0.1) is 0 Å². The Morgan fingerprint density at radius 3 is 1.79 bits per heavy atom. The fraction of sp³-hybridized carbons (Fsp3) is 1.00. The molecule has 0 saturated heterocycles. The highest BCUT2D eigenvalue weighted by molar-refractivity contribution is 4.66. The minimum Gasteiger partial charge on any atom is -0.393 e. The Labute approximate surface area is 88.7 Å². The van der Waals surface area contributed by atoms with Gasteiger partial charge in [-0.2, -0.15) is 0 Å². The number of hydrogen-bond donors (Lipinski definition) is 1. The van der Waals surface area contributed by atoms with Crippen molar-refractivity contribution in [1.29, 1.82) is 0 Å². The Morgan fingerprint density at radius 1 is 1.00 bits per heavy atom. The minimum atomic E-state index is -0.213. The van der Waals surface area contributed by atoms with Crippen LogP contribution in [0.5, 0.6) is 0 Å². The molecule has 2 atom stereocenters. The molecule has 0 spiro atoms. The maximum Gasteiger partial charge on any atom is 0.0527 e. The van der Waals surface area contributed by atoms with Crippen LogP contribution < -0.4 is 0 Å². The number of aliphatic hydroxyl groups is 1. The highest BCUT2D eigenvalue weighted by atomic mass is 16.3. The predicted molar refractivity (Wildman–Crippen MR) is 61.1 cm³/mol. The van der Waals surface area contributed by atoms with E-state index in [2.05, 4.69) is 37.7 Å². The molecule has 0 amide bonds. The fourth-order valence-electron chi connectivity index (χ4n) is 1.99. The third kappa shape index (κ3) is 4.40. The highest BCUT2D eigenvalue weighted by Gasteiger charge is 2.18. The second kappa shape index (κ2) is 7.21. The minimum absolute atomic E-state index is 0.213. The molecule has 14 heavy (non-hydrogen) atoms. The van der Waals surface area contributed by atoms with Crippen LogP contribution in [0.1, 0.15) is 41.0 Å². The normalized spacial score (nSPS) is 16.3. The Bertz CT molecular complexity index is 135. The van der Waals surface area contributed by atoms with Gasteiger partial charge in [-0.25, -0.2) is 10.0 Å². The van der Waals surface area contributed by atoms with Crippen molar-refractivity contribution in [3.63, 3.8) is 0 Å². The average molecular weight is 202 g/mol. The van der Waals surface area contributed by atoms with Gasteiger partial charge in [-0.05, 0) is 20.3 Å². The first-order valence-corrected chi connectivity index (χ1v) is 5.76. The van der Waals surface area contributed by atoms with E-state index in [0.717, 1.165) is 26.1 Å². The third-order valence-electron chi connectivity index (χ3n) is 2.61. The summed E-state index contributed by atoms with van der Waals surface area (Å²) >= 11 is 0. The lowest BCUT2D eigenvalue weighted by atomic mass is 10.1. The van der Waals surface area contributed by atoms with Crippen LogP contribution in [0.25, 0.3) is 0 Å². The quantitative estimate of drug-likeness (QED) is 0.637. The van der Waals surface area contributed by atoms with Gasteiger partial charge < -0.3 is 5.11 Å². The topological polar surface area (TPSA) is 26.7 Å². The molecule has 0 aliphatic heterocycles. The van der Waals surface area contributed by atoms with Crippen LogP contribution in [-0.2, 0) is 0 Å². The maximum atomic E-state index is 9.35. The third-order valence-corrected chi connectivity index (χ3v) is 2.61. The zero-order valence-corrected chi connectivity index (χ0v) is 10.3. The molecular formula is C11H26N2O. The van der Waals surface area contributed by atoms with Gasteiger partial charge in [-0.1, -0.05) is 20.8 Å². The fourth-order valence-corrected chi connectivity index (χ4v) is 1.99. The Kier molecular flexibility index (Phi) is 7.15. The molecule has 3 nitrogen and oxygen atoms in total. The van der Waals surface area contributed by atoms with E-state index >= 15 is 0 Å². The van der Waals surface area contributed by atoms with Crippen molar-refractivity contribution in [3.05, 3.63) is 0 Å². The molecule has 0 bridgehead atoms. The first kappa shape index (κ1) is 13.9. The second-order valence-electron chi connectivity index (χ2n) is 3.83. The van der Waals surface area contributed by atoms with Crippen LogP contribution in [0.2, 0.25) is 0 Å². The SMILES string of the molecule is CCN(CC)N(CC)C(C)CC(C)O. The second-order valence-corrected chi connectivity index (χ2v) is 3.83. The van der Waals surface area contributed by atoms with Crippen LogP contribution in [0.15, 0.2) is 0 Å². The zero-order chi connectivity index (χ0) is 11.1. The molecule has 0 heterocycles. The summed E-state index contributed by atoms with van der Waals surface area (Å²) in [6, 6.07) is 0.417. The number of rotatable bonds is 7. The summed E-state index contributed by atoms with van der Waals surface area (Å²) in [4.78, 5) is 0. The molecule has 86 valence electrons. The molecule has 2 unspecified atom stereocenters. The number of nitrogens with zero attached hydrogens (tertiary/aromatic N) is 2. The van der Waals surface area contributed by atoms with Crippen molar-refractivity contribution in [2.45, 2.75) is 53.2 Å². The molecular weight excluding hydrogens is 176 g/mol. The van der Waals surface area contributed by atoms with E-state index in [1.54, 1.807) is 0 Å². The molecule has 0 rings (SSSR count). The number of aliphatic hydroxyl groups excluding tert-OH is 1. The monoisotopic (exact) mass is 202 g/mol. The van der Waals surface area contributed by atoms with Crippen molar-refractivity contribution in [2.75, 3.05) is 19.6 Å². The van der Waals surface area contributed by atoms with Gasteiger partial charge in [0, 0.05) is 25.7 Å². The summed E-state index contributed by atoms with van der Waals surface area (Å²) in [5.41, 5.74) is 0. The maximum absolute atomic E-state index is 9.35. The van der Waals surface area contributed by atoms with E-state index in [-0.39, 0.29) is 6.10 Å². The van der Waals surface area contributed by atoms with E-state index in [0.29, 0.717) is 6.04 Å². The first-order valence-electron chi connectivity index (χ1n) is 5.76. The summed E-state index contributed by atoms with van der Waals surface area (Å²) in [5, 5.41) is 14.0. The standard InChI is InChI=1S/C11H26N2O/c1-6-12(7-2)13(8-3)10(4)9-11(5)14/h10-11,14H,6-9H2,1-5H3. The molecule has 0 aromatic carbocycles. The molecule has 0 aliphatic carbocycles. The van der Waals surface area contributed by atoms with Gasteiger partial charge in [-0.3, -0.25) is 0 Å². The van der Waals surface area contributed by atoms with Gasteiger partial charge >= 0.3 is 0 Å². The summed E-state index contributed by atoms with van der Waals surface area (Å²) in [6.07, 6.45) is 0.624. The van der Waals surface area contributed by atoms with E-state index in [4.69, 9.17) is 0 Å². The lowest BCUT2D eigenvalue weighted by Crippen LogP contribution is -2.48. The van der Waals surface area contributed by atoms with E-state index < -0.39 is 0 Å². The van der Waals surface area contributed by atoms with Gasteiger partial charge in [0.25, 0.3) is 0 Å². The van der Waals surface area contributed by atoms with Crippen molar-refractivity contribution in [3.8, 4) is 0 Å². The Morgan fingerprint density at radius 2 is 1.50 bits per heavy atom. The van der Waals surface area contributed by atoms with E-state index in [1.165, 1.54) is 0 Å². The predicted octanol–water partition coefficient (Wildman–Crippen LogP) is 1.72. The number of hydrazine groups is 1.